The number of hydrogen-bond acceptors (Lipinski definition) is 5. The summed E-state index contributed by atoms with van der Waals surface area (Å²) in [4.78, 5) is 28.7. The van der Waals surface area contributed by atoms with Gasteiger partial charge in [-0.3, -0.25) is 13.9 Å². The minimum Gasteiger partial charge on any atom is -0.497 e. The van der Waals surface area contributed by atoms with Crippen LogP contribution in [0.15, 0.2) is 89.8 Å². The van der Waals surface area contributed by atoms with Gasteiger partial charge in [0.25, 0.3) is 10.0 Å². The maximum Gasteiger partial charge on any atom is 0.264 e. The van der Waals surface area contributed by atoms with Gasteiger partial charge in [0.1, 0.15) is 18.3 Å². The molecule has 0 bridgehead atoms. The summed E-state index contributed by atoms with van der Waals surface area (Å²) < 4.78 is 33.9. The number of carbonyl (C=O) groups is 2. The average molecular weight is 552 g/mol. The fraction of sp³-hybridized carbons (Fsp3) is 0.333. The number of nitrogens with one attached hydrogen (secondary N) is 1. The zero-order valence-electron chi connectivity index (χ0n) is 22.7. The maximum absolute atomic E-state index is 14.0. The Kier molecular flexibility index (Phi) is 10.9. The summed E-state index contributed by atoms with van der Waals surface area (Å²) in [5.41, 5.74) is 1.15. The Morgan fingerprint density at radius 2 is 1.51 bits per heavy atom. The number of anilines is 1. The van der Waals surface area contributed by atoms with Gasteiger partial charge in [0, 0.05) is 13.1 Å². The van der Waals surface area contributed by atoms with Crippen molar-refractivity contribution < 1.29 is 22.7 Å². The number of unbranched alkanes of at least 4 members (excludes halogenated alkanes) is 1. The minimum absolute atomic E-state index is 0.0626. The Morgan fingerprint density at radius 3 is 2.08 bits per heavy atom. The van der Waals surface area contributed by atoms with Gasteiger partial charge in [-0.1, -0.05) is 68.8 Å². The van der Waals surface area contributed by atoms with Crippen molar-refractivity contribution in [3.05, 3.63) is 90.5 Å². The molecular formula is C30H37N3O5S. The topological polar surface area (TPSA) is 96.0 Å². The summed E-state index contributed by atoms with van der Waals surface area (Å²) in [6, 6.07) is 23.1. The fourth-order valence-corrected chi connectivity index (χ4v) is 5.64. The van der Waals surface area contributed by atoms with Crippen molar-refractivity contribution in [1.29, 1.82) is 0 Å². The molecule has 8 nitrogen and oxygen atoms in total. The van der Waals surface area contributed by atoms with E-state index in [0.29, 0.717) is 24.4 Å². The molecule has 0 aliphatic rings. The predicted octanol–water partition coefficient (Wildman–Crippen LogP) is 4.61. The summed E-state index contributed by atoms with van der Waals surface area (Å²) in [6.07, 6.45) is 2.14. The van der Waals surface area contributed by atoms with Crippen LogP contribution in [0.2, 0.25) is 0 Å². The molecule has 0 aliphatic carbocycles. The SMILES string of the molecule is CCCCNC(=O)C(CC)N(Cc1ccccc1)C(=O)CN(c1ccc(OC)cc1)S(=O)(=O)c1ccccc1. The van der Waals surface area contributed by atoms with Crippen LogP contribution in [0.3, 0.4) is 0 Å². The quantitative estimate of drug-likeness (QED) is 0.295. The van der Waals surface area contributed by atoms with Crippen LogP contribution in [0.25, 0.3) is 0 Å². The number of benzene rings is 3. The van der Waals surface area contributed by atoms with E-state index in [1.165, 1.54) is 24.1 Å². The fourth-order valence-electron chi connectivity index (χ4n) is 4.20. The number of rotatable bonds is 14. The number of ether oxygens (including phenoxy) is 1. The maximum atomic E-state index is 14.0. The summed E-state index contributed by atoms with van der Waals surface area (Å²) in [5, 5.41) is 2.93. The molecule has 0 heterocycles. The van der Waals surface area contributed by atoms with E-state index in [4.69, 9.17) is 4.74 Å². The highest BCUT2D eigenvalue weighted by molar-refractivity contribution is 7.92. The normalized spacial score (nSPS) is 11.9. The first-order chi connectivity index (χ1) is 18.8. The molecule has 208 valence electrons. The highest BCUT2D eigenvalue weighted by Gasteiger charge is 2.33. The molecule has 1 N–H and O–H groups in total. The molecule has 39 heavy (non-hydrogen) atoms. The molecule has 0 saturated carbocycles. The lowest BCUT2D eigenvalue weighted by atomic mass is 10.1. The first-order valence-electron chi connectivity index (χ1n) is 13.1. The molecule has 0 radical (unpaired) electrons. The van der Waals surface area contributed by atoms with Crippen LogP contribution in [0.4, 0.5) is 5.69 Å². The van der Waals surface area contributed by atoms with Crippen molar-refractivity contribution in [1.82, 2.24) is 10.2 Å². The van der Waals surface area contributed by atoms with Crippen molar-refractivity contribution in [3.63, 3.8) is 0 Å². The first-order valence-corrected chi connectivity index (χ1v) is 14.6. The second kappa shape index (κ2) is 14.3. The zero-order chi connectivity index (χ0) is 28.3. The minimum atomic E-state index is -4.10. The molecule has 0 aliphatic heterocycles. The highest BCUT2D eigenvalue weighted by atomic mass is 32.2. The molecule has 0 saturated heterocycles. The molecule has 3 aromatic carbocycles. The number of methoxy groups -OCH3 is 1. The standard InChI is InChI=1S/C30H37N3O5S/c1-4-6-21-31-30(35)28(5-2)32(22-24-13-9-7-10-14-24)29(34)23-33(25-17-19-26(38-3)20-18-25)39(36,37)27-15-11-8-12-16-27/h7-20,28H,4-6,21-23H2,1-3H3,(H,31,35). The molecule has 2 amide bonds. The van der Waals surface area contributed by atoms with Crippen LogP contribution in [0.1, 0.15) is 38.7 Å². The Morgan fingerprint density at radius 1 is 0.897 bits per heavy atom. The Labute approximate surface area is 231 Å². The van der Waals surface area contributed by atoms with E-state index in [0.717, 1.165) is 22.7 Å². The third-order valence-corrected chi connectivity index (χ3v) is 8.17. The van der Waals surface area contributed by atoms with E-state index in [1.54, 1.807) is 42.5 Å². The van der Waals surface area contributed by atoms with Gasteiger partial charge in [-0.05, 0) is 54.8 Å². The number of carbonyl (C=O) groups excluding carboxylic acids is 2. The van der Waals surface area contributed by atoms with Gasteiger partial charge in [-0.25, -0.2) is 8.42 Å². The van der Waals surface area contributed by atoms with Gasteiger partial charge in [0.2, 0.25) is 11.8 Å². The number of nitrogens with zero attached hydrogens (tertiary/aromatic N) is 2. The summed E-state index contributed by atoms with van der Waals surface area (Å²) in [5.74, 6) is -0.175. The second-order valence-corrected chi connectivity index (χ2v) is 11.0. The molecule has 3 rings (SSSR count). The third kappa shape index (κ3) is 7.83. The third-order valence-electron chi connectivity index (χ3n) is 6.38. The van der Waals surface area contributed by atoms with Crippen LogP contribution in [-0.4, -0.2) is 51.4 Å². The van der Waals surface area contributed by atoms with E-state index < -0.39 is 28.5 Å². The molecule has 0 fully saturated rings. The van der Waals surface area contributed by atoms with Crippen molar-refractivity contribution >= 4 is 27.5 Å². The molecule has 0 spiro atoms. The molecule has 3 aromatic rings. The molecule has 0 aromatic heterocycles. The van der Waals surface area contributed by atoms with E-state index in [1.807, 2.05) is 44.2 Å². The van der Waals surface area contributed by atoms with E-state index in [9.17, 15) is 18.0 Å². The van der Waals surface area contributed by atoms with Gasteiger partial charge < -0.3 is 15.0 Å². The number of sulfonamides is 1. The molecule has 1 unspecified atom stereocenters. The zero-order valence-corrected chi connectivity index (χ0v) is 23.6. The van der Waals surface area contributed by atoms with E-state index in [2.05, 4.69) is 5.32 Å². The van der Waals surface area contributed by atoms with E-state index >= 15 is 0 Å². The van der Waals surface area contributed by atoms with E-state index in [-0.39, 0.29) is 17.3 Å². The Balaban J connectivity index is 2.00. The second-order valence-electron chi connectivity index (χ2n) is 9.10. The van der Waals surface area contributed by atoms with Crippen LogP contribution < -0.4 is 14.4 Å². The highest BCUT2D eigenvalue weighted by Crippen LogP contribution is 2.26. The van der Waals surface area contributed by atoms with Crippen molar-refractivity contribution in [3.8, 4) is 5.75 Å². The first kappa shape index (κ1) is 29.7. The van der Waals surface area contributed by atoms with Gasteiger partial charge >= 0.3 is 0 Å². The monoisotopic (exact) mass is 551 g/mol. The van der Waals surface area contributed by atoms with Crippen molar-refractivity contribution in [2.24, 2.45) is 0 Å². The van der Waals surface area contributed by atoms with Crippen molar-refractivity contribution in [2.45, 2.75) is 50.6 Å². The lowest BCUT2D eigenvalue weighted by Crippen LogP contribution is -2.52. The molecular weight excluding hydrogens is 514 g/mol. The Hall–Kier alpha value is -3.85. The lowest BCUT2D eigenvalue weighted by molar-refractivity contribution is -0.140. The largest absolute Gasteiger partial charge is 0.497 e. The van der Waals surface area contributed by atoms with Crippen molar-refractivity contribution in [2.75, 3.05) is 24.5 Å². The summed E-state index contributed by atoms with van der Waals surface area (Å²) in [7, 11) is -2.58. The summed E-state index contributed by atoms with van der Waals surface area (Å²) in [6.45, 7) is 4.09. The molecule has 9 heteroatoms. The number of hydrogen-bond donors (Lipinski definition) is 1. The van der Waals surface area contributed by atoms with Gasteiger partial charge in [0.15, 0.2) is 0 Å². The molecule has 1 atom stereocenters. The number of amides is 2. The van der Waals surface area contributed by atoms with Gasteiger partial charge in [-0.2, -0.15) is 0 Å². The van der Waals surface area contributed by atoms with Crippen LogP contribution in [0.5, 0.6) is 5.75 Å². The van der Waals surface area contributed by atoms with Gasteiger partial charge in [0.05, 0.1) is 17.7 Å². The lowest BCUT2D eigenvalue weighted by Gasteiger charge is -2.33. The van der Waals surface area contributed by atoms with Crippen LogP contribution in [-0.2, 0) is 26.2 Å². The van der Waals surface area contributed by atoms with Crippen LogP contribution in [0, 0.1) is 0 Å². The predicted molar refractivity (Wildman–Crippen MR) is 153 cm³/mol. The smallest absolute Gasteiger partial charge is 0.264 e. The Bertz CT molecular complexity index is 1300. The van der Waals surface area contributed by atoms with Crippen LogP contribution >= 0.6 is 0 Å². The average Bonchev–Trinajstić information content (AvgIpc) is 2.96. The van der Waals surface area contributed by atoms with Gasteiger partial charge in [-0.15, -0.1) is 0 Å². The summed E-state index contributed by atoms with van der Waals surface area (Å²) >= 11 is 0.